The summed E-state index contributed by atoms with van der Waals surface area (Å²) in [4.78, 5) is 10.6. The van der Waals surface area contributed by atoms with E-state index in [0.29, 0.717) is 11.0 Å². The van der Waals surface area contributed by atoms with Gasteiger partial charge in [-0.15, -0.1) is 0 Å². The Balaban J connectivity index is 2.57. The fraction of sp³-hybridized carbons (Fsp3) is 0.100. The van der Waals surface area contributed by atoms with Crippen LogP contribution in [0.1, 0.15) is 5.56 Å². The summed E-state index contributed by atoms with van der Waals surface area (Å²) in [6.07, 6.45) is 3.40. The zero-order valence-electron chi connectivity index (χ0n) is 8.51. The minimum Gasteiger partial charge on any atom is -0.258 e. The van der Waals surface area contributed by atoms with Gasteiger partial charge in [0, 0.05) is 17.6 Å². The molecule has 0 aliphatic heterocycles. The molecule has 0 unspecified atom stereocenters. The molecule has 0 fully saturated rings. The molecule has 0 atom stereocenters. The number of rotatable bonds is 3. The van der Waals surface area contributed by atoms with E-state index in [1.165, 1.54) is 4.68 Å². The monoisotopic (exact) mass is 407 g/mol. The van der Waals surface area contributed by atoms with Crippen LogP contribution in [0.15, 0.2) is 30.6 Å². The van der Waals surface area contributed by atoms with Crippen LogP contribution in [0.3, 0.4) is 0 Å². The highest BCUT2D eigenvalue weighted by atomic mass is 127. The molecule has 1 aromatic carbocycles. The lowest BCUT2D eigenvalue weighted by Crippen LogP contribution is -2.01. The molecule has 0 radical (unpaired) electrons. The van der Waals surface area contributed by atoms with Crippen molar-refractivity contribution in [1.82, 2.24) is 9.78 Å². The molecule has 5 nitrogen and oxygen atoms in total. The molecule has 0 spiro atoms. The fourth-order valence-corrected chi connectivity index (χ4v) is 2.16. The molecule has 0 aliphatic rings. The summed E-state index contributed by atoms with van der Waals surface area (Å²) in [7, 11) is 0. The summed E-state index contributed by atoms with van der Waals surface area (Å²) in [5.74, 6) is 0. The number of hydrogen-bond donors (Lipinski definition) is 0. The predicted molar refractivity (Wildman–Crippen MR) is 75.6 cm³/mol. The largest absolute Gasteiger partial charge is 0.295 e. The molecule has 1 aromatic heterocycles. The maximum Gasteiger partial charge on any atom is 0.295 e. The number of nitro groups is 1. The van der Waals surface area contributed by atoms with Crippen LogP contribution >= 0.6 is 38.5 Å². The summed E-state index contributed by atoms with van der Waals surface area (Å²) in [5, 5.41) is 15.7. The van der Waals surface area contributed by atoms with Crippen LogP contribution in [0.4, 0.5) is 5.69 Å². The predicted octanol–water partition coefficient (Wildman–Crippen LogP) is 3.28. The number of nitrogens with zero attached hydrogens (tertiary/aromatic N) is 3. The maximum atomic E-state index is 11.0. The quantitative estimate of drug-likeness (QED) is 0.339. The Kier molecular flexibility index (Phi) is 3.77. The number of alkyl halides is 1. The first-order valence-corrected chi connectivity index (χ1v) is 6.85. The molecule has 0 saturated heterocycles. The van der Waals surface area contributed by atoms with Crippen molar-refractivity contribution in [2.75, 3.05) is 0 Å². The van der Waals surface area contributed by atoms with Crippen molar-refractivity contribution in [3.63, 3.8) is 0 Å². The zero-order valence-corrected chi connectivity index (χ0v) is 12.3. The molecule has 0 bridgehead atoms. The summed E-state index contributed by atoms with van der Waals surface area (Å²) in [6, 6.07) is 5.10. The first-order chi connectivity index (χ1) is 8.11. The lowest BCUT2D eigenvalue weighted by molar-refractivity contribution is -0.384. The Hall–Kier alpha value is -0.960. The van der Waals surface area contributed by atoms with E-state index < -0.39 is 4.92 Å². The van der Waals surface area contributed by atoms with Gasteiger partial charge in [0.15, 0.2) is 0 Å². The van der Waals surface area contributed by atoms with E-state index in [2.05, 4.69) is 43.6 Å². The van der Waals surface area contributed by atoms with Crippen LogP contribution in [-0.4, -0.2) is 14.7 Å². The molecule has 0 N–H and O–H groups in total. The Morgan fingerprint density at radius 1 is 1.53 bits per heavy atom. The molecular formula is C10H7BrIN3O2. The second kappa shape index (κ2) is 5.13. The molecule has 2 aromatic rings. The van der Waals surface area contributed by atoms with Gasteiger partial charge in [0.05, 0.1) is 14.7 Å². The second-order valence-corrected chi connectivity index (χ2v) is 5.12. The van der Waals surface area contributed by atoms with E-state index in [1.807, 2.05) is 6.07 Å². The number of nitro benzene ring substituents is 1. The fourth-order valence-electron chi connectivity index (χ4n) is 1.42. The summed E-state index contributed by atoms with van der Waals surface area (Å²) in [6.45, 7) is 0. The minimum atomic E-state index is -0.393. The Morgan fingerprint density at radius 3 is 2.82 bits per heavy atom. The van der Waals surface area contributed by atoms with Gasteiger partial charge in [0.1, 0.15) is 5.69 Å². The standard InChI is InChI=1S/C10H7BrIN3O2/c11-4-7-1-2-9(10(3-7)15(16)17)14-6-8(12)5-13-14/h1-3,5-6H,4H2. The van der Waals surface area contributed by atoms with Crippen molar-refractivity contribution in [2.24, 2.45) is 0 Å². The third-order valence-electron chi connectivity index (χ3n) is 2.19. The Morgan fingerprint density at radius 2 is 2.29 bits per heavy atom. The lowest BCUT2D eigenvalue weighted by atomic mass is 10.2. The summed E-state index contributed by atoms with van der Waals surface area (Å²) >= 11 is 5.39. The summed E-state index contributed by atoms with van der Waals surface area (Å²) < 4.78 is 2.44. The van der Waals surface area contributed by atoms with Crippen molar-refractivity contribution < 1.29 is 4.92 Å². The van der Waals surface area contributed by atoms with Gasteiger partial charge >= 0.3 is 0 Å². The normalized spacial score (nSPS) is 10.5. The van der Waals surface area contributed by atoms with Crippen LogP contribution in [0.5, 0.6) is 0 Å². The zero-order chi connectivity index (χ0) is 12.4. The van der Waals surface area contributed by atoms with Crippen molar-refractivity contribution in [3.05, 3.63) is 49.8 Å². The minimum absolute atomic E-state index is 0.0569. The number of hydrogen-bond acceptors (Lipinski definition) is 3. The average Bonchev–Trinajstić information content (AvgIpc) is 2.75. The smallest absolute Gasteiger partial charge is 0.258 e. The van der Waals surface area contributed by atoms with Gasteiger partial charge in [0.2, 0.25) is 0 Å². The van der Waals surface area contributed by atoms with Crippen LogP contribution in [-0.2, 0) is 5.33 Å². The molecule has 17 heavy (non-hydrogen) atoms. The van der Waals surface area contributed by atoms with Gasteiger partial charge in [-0.3, -0.25) is 10.1 Å². The van der Waals surface area contributed by atoms with Gasteiger partial charge in [-0.25, -0.2) is 4.68 Å². The van der Waals surface area contributed by atoms with Crippen molar-refractivity contribution in [1.29, 1.82) is 0 Å². The third-order valence-corrected chi connectivity index (χ3v) is 3.39. The molecule has 88 valence electrons. The molecule has 0 saturated carbocycles. The molecule has 0 aliphatic carbocycles. The Bertz CT molecular complexity index is 570. The number of halogens is 2. The molecule has 7 heteroatoms. The van der Waals surface area contributed by atoms with Crippen LogP contribution in [0.2, 0.25) is 0 Å². The highest BCUT2D eigenvalue weighted by Crippen LogP contribution is 2.25. The number of aromatic nitrogens is 2. The topological polar surface area (TPSA) is 61.0 Å². The van der Waals surface area contributed by atoms with Gasteiger partial charge in [-0.1, -0.05) is 22.0 Å². The van der Waals surface area contributed by atoms with E-state index in [1.54, 1.807) is 24.5 Å². The van der Waals surface area contributed by atoms with E-state index in [-0.39, 0.29) is 5.69 Å². The first kappa shape index (κ1) is 12.5. The molecular weight excluding hydrogens is 401 g/mol. The van der Waals surface area contributed by atoms with E-state index in [4.69, 9.17) is 0 Å². The van der Waals surface area contributed by atoms with Gasteiger partial charge in [0.25, 0.3) is 5.69 Å². The molecule has 2 rings (SSSR count). The highest BCUT2D eigenvalue weighted by molar-refractivity contribution is 14.1. The van der Waals surface area contributed by atoms with Crippen molar-refractivity contribution >= 4 is 44.2 Å². The first-order valence-electron chi connectivity index (χ1n) is 4.65. The molecule has 1 heterocycles. The molecule has 0 amide bonds. The van der Waals surface area contributed by atoms with E-state index in [0.717, 1.165) is 9.13 Å². The van der Waals surface area contributed by atoms with Crippen LogP contribution in [0.25, 0.3) is 5.69 Å². The van der Waals surface area contributed by atoms with Crippen molar-refractivity contribution in [3.8, 4) is 5.69 Å². The average molecular weight is 408 g/mol. The third kappa shape index (κ3) is 2.65. The van der Waals surface area contributed by atoms with E-state index in [9.17, 15) is 10.1 Å². The Labute approximate surface area is 119 Å². The van der Waals surface area contributed by atoms with E-state index >= 15 is 0 Å². The van der Waals surface area contributed by atoms with Crippen LogP contribution < -0.4 is 0 Å². The van der Waals surface area contributed by atoms with Crippen LogP contribution in [0, 0.1) is 13.7 Å². The second-order valence-electron chi connectivity index (χ2n) is 3.32. The van der Waals surface area contributed by atoms with Gasteiger partial charge in [-0.05, 0) is 34.2 Å². The SMILES string of the molecule is O=[N+]([O-])c1cc(CBr)ccc1-n1cc(I)cn1. The lowest BCUT2D eigenvalue weighted by Gasteiger charge is -2.04. The van der Waals surface area contributed by atoms with Gasteiger partial charge in [-0.2, -0.15) is 5.10 Å². The maximum absolute atomic E-state index is 11.0. The van der Waals surface area contributed by atoms with Crippen molar-refractivity contribution in [2.45, 2.75) is 5.33 Å². The summed E-state index contributed by atoms with van der Waals surface area (Å²) in [5.41, 5.74) is 1.39. The highest BCUT2D eigenvalue weighted by Gasteiger charge is 2.16. The van der Waals surface area contributed by atoms with Gasteiger partial charge < -0.3 is 0 Å². The number of benzene rings is 1.